The van der Waals surface area contributed by atoms with E-state index in [9.17, 15) is 4.79 Å². The number of methoxy groups -OCH3 is 2. The number of carbonyl (C=O) groups excluding carboxylic acids is 1. The Kier molecular flexibility index (Phi) is 6.86. The summed E-state index contributed by atoms with van der Waals surface area (Å²) in [6.45, 7) is 2.61. The molecule has 10 rings (SSSR count). The van der Waals surface area contributed by atoms with Crippen LogP contribution in [-0.4, -0.2) is 62.5 Å². The van der Waals surface area contributed by atoms with Gasteiger partial charge in [0.25, 0.3) is 0 Å². The number of piperidine rings is 1. The summed E-state index contributed by atoms with van der Waals surface area (Å²) in [6, 6.07) is 25.0. The molecule has 7 aliphatic rings. The zero-order valence-corrected chi connectivity index (χ0v) is 27.3. The van der Waals surface area contributed by atoms with Crippen molar-refractivity contribution >= 4 is 5.97 Å². The van der Waals surface area contributed by atoms with Gasteiger partial charge in [-0.3, -0.25) is 15.0 Å². The van der Waals surface area contributed by atoms with Gasteiger partial charge in [0.1, 0.15) is 18.3 Å². The molecule has 3 fully saturated rings. The van der Waals surface area contributed by atoms with Crippen molar-refractivity contribution < 1.29 is 23.7 Å². The Morgan fingerprint density at radius 3 is 2.55 bits per heavy atom. The highest BCUT2D eigenvalue weighted by Gasteiger charge is 2.79. The van der Waals surface area contributed by atoms with E-state index in [1.165, 1.54) is 30.5 Å². The Labute approximate surface area is 277 Å². The second-order valence-corrected chi connectivity index (χ2v) is 14.7. The van der Waals surface area contributed by atoms with Crippen molar-refractivity contribution in [3.8, 4) is 11.5 Å². The highest BCUT2D eigenvalue weighted by atomic mass is 16.6. The number of nitrogens with zero attached hydrogens (tertiary/aromatic N) is 1. The highest BCUT2D eigenvalue weighted by Crippen LogP contribution is 2.75. The van der Waals surface area contributed by atoms with Crippen LogP contribution in [0.25, 0.3) is 0 Å². The second-order valence-electron chi connectivity index (χ2n) is 14.7. The standard InChI is InChI=1S/C40H44N2O5/c1-44-31-16-15-29-21-32-38-17-18-40(45-2,37-39(38,34(29)36(31)47-37)19-20-42(32)24-26-13-14-26)30(22-38)35(28-11-7-4-8-12-28)41-23-33(43)46-25-27-9-5-3-6-10-27/h3-12,15-18,26,30,32,35,37,41H,13-14,19-25H2,1-2H3/t30-,32-,35?,37-,38-,39+,40-/m1/s1. The van der Waals surface area contributed by atoms with Crippen molar-refractivity contribution in [3.63, 3.8) is 0 Å². The zero-order chi connectivity index (χ0) is 31.8. The average Bonchev–Trinajstić information content (AvgIpc) is 3.86. The Morgan fingerprint density at radius 1 is 1.02 bits per heavy atom. The minimum atomic E-state index is -0.717. The average molecular weight is 633 g/mol. The molecule has 2 heterocycles. The lowest BCUT2D eigenvalue weighted by atomic mass is 9.36. The number of esters is 1. The third-order valence-corrected chi connectivity index (χ3v) is 12.6. The van der Waals surface area contributed by atoms with E-state index in [-0.39, 0.29) is 48.0 Å². The van der Waals surface area contributed by atoms with Crippen LogP contribution in [0.3, 0.4) is 0 Å². The van der Waals surface area contributed by atoms with Gasteiger partial charge in [-0.25, -0.2) is 0 Å². The number of benzene rings is 3. The highest BCUT2D eigenvalue weighted by molar-refractivity contribution is 5.72. The van der Waals surface area contributed by atoms with Crippen molar-refractivity contribution in [2.45, 2.75) is 67.9 Å². The summed E-state index contributed by atoms with van der Waals surface area (Å²) in [5, 5.41) is 3.70. The molecule has 2 saturated carbocycles. The Balaban J connectivity index is 1.12. The van der Waals surface area contributed by atoms with Crippen molar-refractivity contribution in [2.75, 3.05) is 33.9 Å². The van der Waals surface area contributed by atoms with Gasteiger partial charge < -0.3 is 18.9 Å². The number of hydrogen-bond acceptors (Lipinski definition) is 7. The van der Waals surface area contributed by atoms with Gasteiger partial charge in [0.05, 0.1) is 19.1 Å². The summed E-state index contributed by atoms with van der Waals surface area (Å²) in [4.78, 5) is 16.0. The molecular formula is C40H44N2O5. The largest absolute Gasteiger partial charge is 0.493 e. The lowest BCUT2D eigenvalue weighted by molar-refractivity contribution is -0.222. The Bertz CT molecular complexity index is 1710. The number of fused-ring (bicyclic) bond motifs is 1. The van der Waals surface area contributed by atoms with Gasteiger partial charge in [0.15, 0.2) is 11.5 Å². The molecule has 2 aliphatic heterocycles. The first-order valence-electron chi connectivity index (χ1n) is 17.4. The molecular weight excluding hydrogens is 588 g/mol. The predicted molar refractivity (Wildman–Crippen MR) is 178 cm³/mol. The van der Waals surface area contributed by atoms with Gasteiger partial charge in [-0.1, -0.05) is 78.9 Å². The lowest BCUT2D eigenvalue weighted by Crippen LogP contribution is -2.80. The third-order valence-electron chi connectivity index (χ3n) is 12.6. The molecule has 7 atom stereocenters. The van der Waals surface area contributed by atoms with E-state index >= 15 is 0 Å². The summed E-state index contributed by atoms with van der Waals surface area (Å²) in [6.07, 6.45) is 10.3. The maximum atomic E-state index is 13.2. The van der Waals surface area contributed by atoms with Crippen LogP contribution in [0.2, 0.25) is 0 Å². The maximum absolute atomic E-state index is 13.2. The van der Waals surface area contributed by atoms with Crippen LogP contribution in [0.5, 0.6) is 11.5 Å². The number of nitrogens with one attached hydrogen (secondary N) is 1. The van der Waals surface area contributed by atoms with Gasteiger partial charge in [-0.2, -0.15) is 0 Å². The number of likely N-dealkylation sites (tertiary alicyclic amines) is 1. The third kappa shape index (κ3) is 4.19. The van der Waals surface area contributed by atoms with Crippen LogP contribution in [0, 0.1) is 17.3 Å². The van der Waals surface area contributed by atoms with Crippen molar-refractivity contribution in [3.05, 3.63) is 107 Å². The molecule has 1 unspecified atom stereocenters. The first-order valence-corrected chi connectivity index (χ1v) is 17.4. The Morgan fingerprint density at radius 2 is 1.81 bits per heavy atom. The van der Waals surface area contributed by atoms with E-state index in [0.29, 0.717) is 6.04 Å². The minimum absolute atomic E-state index is 0.00480. The summed E-state index contributed by atoms with van der Waals surface area (Å²) in [5.41, 5.74) is 3.83. The molecule has 244 valence electrons. The fourth-order valence-electron chi connectivity index (χ4n) is 10.5. The molecule has 4 bridgehead atoms. The number of carbonyl (C=O) groups is 1. The fraction of sp³-hybridized carbons (Fsp3) is 0.475. The topological polar surface area (TPSA) is 69.3 Å². The summed E-state index contributed by atoms with van der Waals surface area (Å²) < 4.78 is 25.7. The predicted octanol–water partition coefficient (Wildman–Crippen LogP) is 5.77. The first-order chi connectivity index (χ1) is 23.0. The van der Waals surface area contributed by atoms with Crippen LogP contribution in [0.15, 0.2) is 84.9 Å². The van der Waals surface area contributed by atoms with Crippen LogP contribution < -0.4 is 14.8 Å². The molecule has 0 aromatic heterocycles. The monoisotopic (exact) mass is 632 g/mol. The second kappa shape index (κ2) is 10.9. The number of ether oxygens (including phenoxy) is 4. The molecule has 7 heteroatoms. The van der Waals surface area contributed by atoms with E-state index in [4.69, 9.17) is 18.9 Å². The van der Waals surface area contributed by atoms with Crippen molar-refractivity contribution in [1.82, 2.24) is 10.2 Å². The molecule has 3 aromatic rings. The van der Waals surface area contributed by atoms with Crippen molar-refractivity contribution in [2.24, 2.45) is 17.3 Å². The van der Waals surface area contributed by atoms with Crippen LogP contribution in [0.4, 0.5) is 0 Å². The van der Waals surface area contributed by atoms with E-state index in [1.807, 2.05) is 43.5 Å². The normalized spacial score (nSPS) is 33.2. The van der Waals surface area contributed by atoms with Gasteiger partial charge in [-0.15, -0.1) is 0 Å². The molecule has 2 spiro atoms. The zero-order valence-electron chi connectivity index (χ0n) is 27.3. The maximum Gasteiger partial charge on any atom is 0.320 e. The summed E-state index contributed by atoms with van der Waals surface area (Å²) in [5.74, 6) is 2.27. The van der Waals surface area contributed by atoms with Gasteiger partial charge in [0, 0.05) is 42.6 Å². The van der Waals surface area contributed by atoms with Crippen LogP contribution in [0.1, 0.15) is 54.0 Å². The van der Waals surface area contributed by atoms with E-state index in [0.717, 1.165) is 54.4 Å². The molecule has 1 N–H and O–H groups in total. The number of hydrogen-bond donors (Lipinski definition) is 1. The minimum Gasteiger partial charge on any atom is -0.493 e. The van der Waals surface area contributed by atoms with E-state index in [2.05, 4.69) is 58.8 Å². The Hall–Kier alpha value is -3.65. The molecule has 3 aromatic carbocycles. The van der Waals surface area contributed by atoms with Gasteiger partial charge in [-0.05, 0) is 67.3 Å². The molecule has 5 aliphatic carbocycles. The molecule has 0 radical (unpaired) electrons. The van der Waals surface area contributed by atoms with Crippen LogP contribution in [-0.2, 0) is 32.7 Å². The fourth-order valence-corrected chi connectivity index (χ4v) is 10.5. The molecule has 0 amide bonds. The lowest BCUT2D eigenvalue weighted by Gasteiger charge is -2.72. The van der Waals surface area contributed by atoms with Crippen molar-refractivity contribution in [1.29, 1.82) is 0 Å². The summed E-state index contributed by atoms with van der Waals surface area (Å²) in [7, 11) is 3.59. The summed E-state index contributed by atoms with van der Waals surface area (Å²) >= 11 is 0. The molecule has 7 nitrogen and oxygen atoms in total. The van der Waals surface area contributed by atoms with Crippen LogP contribution >= 0.6 is 0 Å². The molecule has 1 saturated heterocycles. The van der Waals surface area contributed by atoms with E-state index in [1.54, 1.807) is 7.11 Å². The van der Waals surface area contributed by atoms with E-state index < -0.39 is 5.60 Å². The van der Waals surface area contributed by atoms with Gasteiger partial charge in [0.2, 0.25) is 0 Å². The smallest absolute Gasteiger partial charge is 0.320 e. The molecule has 47 heavy (non-hydrogen) atoms. The SMILES string of the molecule is COc1ccc2c3c1O[C@H]1[C@@]4(OC)C=C[C@@]5(C[C@@H]4C(NCC(=O)OCc4ccccc4)c4ccccc4)[C@@H](C2)N(CC2CC2)CC[C@]315. The number of rotatable bonds is 11. The van der Waals surface area contributed by atoms with Gasteiger partial charge >= 0.3 is 5.97 Å². The quantitative estimate of drug-likeness (QED) is 0.213. The first kappa shape index (κ1) is 29.5.